The first kappa shape index (κ1) is 15.6. The summed E-state index contributed by atoms with van der Waals surface area (Å²) in [6.07, 6.45) is 3.77. The van der Waals surface area contributed by atoms with E-state index < -0.39 is 0 Å². The van der Waals surface area contributed by atoms with Gasteiger partial charge in [-0.25, -0.2) is 4.39 Å². The molecule has 0 bridgehead atoms. The van der Waals surface area contributed by atoms with Gasteiger partial charge in [-0.1, -0.05) is 30.3 Å². The minimum absolute atomic E-state index is 0.0627. The Morgan fingerprint density at radius 1 is 1.14 bits per heavy atom. The van der Waals surface area contributed by atoms with Crippen LogP contribution in [0.4, 0.5) is 4.39 Å². The van der Waals surface area contributed by atoms with Crippen LogP contribution in [0, 0.1) is 5.82 Å². The number of halogens is 1. The first-order chi connectivity index (χ1) is 9.94. The van der Waals surface area contributed by atoms with Crippen molar-refractivity contribution in [2.24, 2.45) is 0 Å². The third-order valence-corrected chi connectivity index (χ3v) is 3.39. The molecule has 1 aromatic heterocycles. The van der Waals surface area contributed by atoms with E-state index in [0.29, 0.717) is 5.92 Å². The highest BCUT2D eigenvalue weighted by Gasteiger charge is 2.16. The molecule has 0 amide bonds. The summed E-state index contributed by atoms with van der Waals surface area (Å²) >= 11 is 0. The van der Waals surface area contributed by atoms with Crippen LogP contribution < -0.4 is 5.32 Å². The molecule has 0 saturated carbocycles. The standard InChI is InChI=1S/C18H23FN2/c1-18(2,3)21-12-16(15-7-5-4-6-8-15)9-14-10-17(19)13-20-11-14/h4-8,10-11,13,16,21H,9,12H2,1-3H3. The summed E-state index contributed by atoms with van der Waals surface area (Å²) in [4.78, 5) is 3.94. The van der Waals surface area contributed by atoms with Crippen molar-refractivity contribution >= 4 is 0 Å². The van der Waals surface area contributed by atoms with Gasteiger partial charge in [0, 0.05) is 24.2 Å². The molecule has 2 rings (SSSR count). The van der Waals surface area contributed by atoms with Crippen LogP contribution >= 0.6 is 0 Å². The molecule has 112 valence electrons. The van der Waals surface area contributed by atoms with Crippen LogP contribution in [0.25, 0.3) is 0 Å². The fourth-order valence-electron chi connectivity index (χ4n) is 2.31. The van der Waals surface area contributed by atoms with Gasteiger partial charge in [0.15, 0.2) is 0 Å². The van der Waals surface area contributed by atoms with Crippen molar-refractivity contribution in [3.8, 4) is 0 Å². The van der Waals surface area contributed by atoms with Crippen LogP contribution in [-0.2, 0) is 6.42 Å². The fourth-order valence-corrected chi connectivity index (χ4v) is 2.31. The molecule has 0 fully saturated rings. The van der Waals surface area contributed by atoms with Gasteiger partial charge in [0.2, 0.25) is 0 Å². The molecule has 0 aliphatic rings. The van der Waals surface area contributed by atoms with Gasteiger partial charge in [-0.2, -0.15) is 0 Å². The molecule has 0 aliphatic heterocycles. The quantitative estimate of drug-likeness (QED) is 0.900. The van der Waals surface area contributed by atoms with Gasteiger partial charge >= 0.3 is 0 Å². The van der Waals surface area contributed by atoms with Crippen LogP contribution in [0.1, 0.15) is 37.8 Å². The van der Waals surface area contributed by atoms with Gasteiger partial charge in [0.1, 0.15) is 5.82 Å². The second kappa shape index (κ2) is 6.81. The van der Waals surface area contributed by atoms with E-state index in [2.05, 4.69) is 43.2 Å². The van der Waals surface area contributed by atoms with E-state index in [-0.39, 0.29) is 11.4 Å². The summed E-state index contributed by atoms with van der Waals surface area (Å²) in [5, 5.41) is 3.54. The average molecular weight is 286 g/mol. The zero-order valence-corrected chi connectivity index (χ0v) is 12.9. The molecule has 21 heavy (non-hydrogen) atoms. The Kier molecular flexibility index (Phi) is 5.07. The minimum Gasteiger partial charge on any atom is -0.311 e. The van der Waals surface area contributed by atoms with Crippen molar-refractivity contribution < 1.29 is 4.39 Å². The van der Waals surface area contributed by atoms with Crippen molar-refractivity contribution in [1.82, 2.24) is 10.3 Å². The van der Waals surface area contributed by atoms with Crippen LogP contribution in [0.5, 0.6) is 0 Å². The van der Waals surface area contributed by atoms with Gasteiger partial charge < -0.3 is 5.32 Å². The summed E-state index contributed by atoms with van der Waals surface area (Å²) in [5.74, 6) is 0.0251. The summed E-state index contributed by atoms with van der Waals surface area (Å²) < 4.78 is 13.3. The third-order valence-electron chi connectivity index (χ3n) is 3.39. The van der Waals surface area contributed by atoms with Gasteiger partial charge in [-0.05, 0) is 44.4 Å². The normalized spacial score (nSPS) is 13.1. The maximum atomic E-state index is 13.3. The number of benzene rings is 1. The maximum absolute atomic E-state index is 13.3. The predicted molar refractivity (Wildman–Crippen MR) is 84.8 cm³/mol. The van der Waals surface area contributed by atoms with Crippen molar-refractivity contribution in [3.63, 3.8) is 0 Å². The van der Waals surface area contributed by atoms with Gasteiger partial charge in [-0.3, -0.25) is 4.98 Å². The Bertz CT molecular complexity index is 561. The Hall–Kier alpha value is -1.74. The fraction of sp³-hybridized carbons (Fsp3) is 0.389. The molecular formula is C18H23FN2. The SMILES string of the molecule is CC(C)(C)NCC(Cc1cncc(F)c1)c1ccccc1. The molecule has 3 heteroatoms. The van der Waals surface area contributed by atoms with E-state index in [1.807, 2.05) is 18.2 Å². The molecule has 2 aromatic rings. The first-order valence-electron chi connectivity index (χ1n) is 7.33. The number of hydrogen-bond donors (Lipinski definition) is 1. The van der Waals surface area contributed by atoms with E-state index in [9.17, 15) is 4.39 Å². The third kappa shape index (κ3) is 5.27. The van der Waals surface area contributed by atoms with E-state index in [1.165, 1.54) is 11.8 Å². The molecule has 1 N–H and O–H groups in total. The van der Waals surface area contributed by atoms with Crippen molar-refractivity contribution in [2.75, 3.05) is 6.54 Å². The van der Waals surface area contributed by atoms with E-state index in [0.717, 1.165) is 18.5 Å². The van der Waals surface area contributed by atoms with Crippen molar-refractivity contribution in [2.45, 2.75) is 38.6 Å². The molecule has 1 unspecified atom stereocenters. The number of nitrogens with zero attached hydrogens (tertiary/aromatic N) is 1. The van der Waals surface area contributed by atoms with Crippen LogP contribution in [0.15, 0.2) is 48.8 Å². The van der Waals surface area contributed by atoms with Crippen LogP contribution in [0.3, 0.4) is 0 Å². The second-order valence-corrected chi connectivity index (χ2v) is 6.45. The topological polar surface area (TPSA) is 24.9 Å². The highest BCUT2D eigenvalue weighted by Crippen LogP contribution is 2.21. The van der Waals surface area contributed by atoms with E-state index in [1.54, 1.807) is 12.3 Å². The lowest BCUT2D eigenvalue weighted by Crippen LogP contribution is -2.39. The molecular weight excluding hydrogens is 263 g/mol. The predicted octanol–water partition coefficient (Wildman–Crippen LogP) is 3.94. The Morgan fingerprint density at radius 2 is 1.86 bits per heavy atom. The smallest absolute Gasteiger partial charge is 0.141 e. The highest BCUT2D eigenvalue weighted by molar-refractivity contribution is 5.23. The van der Waals surface area contributed by atoms with Gasteiger partial charge in [0.05, 0.1) is 6.20 Å². The lowest BCUT2D eigenvalue weighted by atomic mass is 9.91. The monoisotopic (exact) mass is 286 g/mol. The Balaban J connectivity index is 2.16. The largest absolute Gasteiger partial charge is 0.311 e. The van der Waals surface area contributed by atoms with Crippen molar-refractivity contribution in [3.05, 3.63) is 65.7 Å². The van der Waals surface area contributed by atoms with E-state index >= 15 is 0 Å². The van der Waals surface area contributed by atoms with Gasteiger partial charge in [-0.15, -0.1) is 0 Å². The van der Waals surface area contributed by atoms with Gasteiger partial charge in [0.25, 0.3) is 0 Å². The average Bonchev–Trinajstić information content (AvgIpc) is 2.43. The molecule has 0 radical (unpaired) electrons. The molecule has 1 atom stereocenters. The summed E-state index contributed by atoms with van der Waals surface area (Å²) in [7, 11) is 0. The first-order valence-corrected chi connectivity index (χ1v) is 7.33. The highest BCUT2D eigenvalue weighted by atomic mass is 19.1. The second-order valence-electron chi connectivity index (χ2n) is 6.45. The molecule has 1 heterocycles. The van der Waals surface area contributed by atoms with Crippen molar-refractivity contribution in [1.29, 1.82) is 0 Å². The molecule has 2 nitrogen and oxygen atoms in total. The van der Waals surface area contributed by atoms with E-state index in [4.69, 9.17) is 0 Å². The Morgan fingerprint density at radius 3 is 2.48 bits per heavy atom. The van der Waals surface area contributed by atoms with Crippen LogP contribution in [-0.4, -0.2) is 17.1 Å². The molecule has 0 saturated heterocycles. The van der Waals surface area contributed by atoms with Crippen LogP contribution in [0.2, 0.25) is 0 Å². The molecule has 1 aromatic carbocycles. The summed E-state index contributed by atoms with van der Waals surface area (Å²) in [5.41, 5.74) is 2.26. The molecule has 0 spiro atoms. The number of aromatic nitrogens is 1. The molecule has 0 aliphatic carbocycles. The number of pyridine rings is 1. The Labute approximate surface area is 126 Å². The lowest BCUT2D eigenvalue weighted by Gasteiger charge is -2.25. The lowest BCUT2D eigenvalue weighted by molar-refractivity contribution is 0.404. The summed E-state index contributed by atoms with van der Waals surface area (Å²) in [6.45, 7) is 7.31. The summed E-state index contributed by atoms with van der Waals surface area (Å²) in [6, 6.07) is 11.9. The number of rotatable bonds is 5. The zero-order valence-electron chi connectivity index (χ0n) is 12.9. The maximum Gasteiger partial charge on any atom is 0.141 e. The zero-order chi connectivity index (χ0) is 15.3. The minimum atomic E-state index is -0.275. The number of nitrogens with one attached hydrogen (secondary N) is 1. The number of hydrogen-bond acceptors (Lipinski definition) is 2.